The Labute approximate surface area is 271 Å². The van der Waals surface area contributed by atoms with E-state index in [0.29, 0.717) is 41.6 Å². The van der Waals surface area contributed by atoms with Gasteiger partial charge >= 0.3 is 6.03 Å². The zero-order valence-electron chi connectivity index (χ0n) is 27.9. The van der Waals surface area contributed by atoms with Gasteiger partial charge in [-0.1, -0.05) is 58.9 Å². The van der Waals surface area contributed by atoms with E-state index in [0.717, 1.165) is 24.2 Å². The largest absolute Gasteiger partial charge is 0.484 e. The molecule has 12 nitrogen and oxygen atoms in total. The first-order valence-corrected chi connectivity index (χ1v) is 15.6. The van der Waals surface area contributed by atoms with Crippen LogP contribution in [0.15, 0.2) is 66.9 Å². The van der Waals surface area contributed by atoms with Crippen LogP contribution in [0.25, 0.3) is 0 Å². The molecule has 0 fully saturated rings. The van der Waals surface area contributed by atoms with Crippen molar-refractivity contribution in [2.75, 3.05) is 26.0 Å². The van der Waals surface area contributed by atoms with Crippen LogP contribution in [0.2, 0.25) is 0 Å². The molecule has 0 aliphatic heterocycles. The number of benzene rings is 1. The molecule has 0 saturated heterocycles. The van der Waals surface area contributed by atoms with E-state index in [4.69, 9.17) is 21.0 Å². The molecular formula is C34H48N10O2. The fourth-order valence-corrected chi connectivity index (χ4v) is 5.00. The van der Waals surface area contributed by atoms with Crippen LogP contribution in [0.3, 0.4) is 0 Å². The van der Waals surface area contributed by atoms with E-state index in [1.165, 1.54) is 4.57 Å². The maximum Gasteiger partial charge on any atom is 0.320 e. The first-order chi connectivity index (χ1) is 21.7. The summed E-state index contributed by atoms with van der Waals surface area (Å²) in [7, 11) is 4.02. The van der Waals surface area contributed by atoms with Gasteiger partial charge in [0.2, 0.25) is 0 Å². The topological polar surface area (TPSA) is 160 Å². The average molecular weight is 629 g/mol. The number of allylic oxidation sites excluding steroid dienone is 1. The predicted octanol–water partition coefficient (Wildman–Crippen LogP) is 5.48. The monoisotopic (exact) mass is 628 g/mol. The minimum atomic E-state index is -0.409. The van der Waals surface area contributed by atoms with E-state index in [9.17, 15) is 4.79 Å². The fourth-order valence-electron chi connectivity index (χ4n) is 5.00. The maximum atomic E-state index is 13.4. The van der Waals surface area contributed by atoms with Crippen LogP contribution in [0.5, 0.6) is 5.75 Å². The molecule has 4 rings (SSSR count). The molecule has 2 unspecified atom stereocenters. The molecule has 12 heteroatoms. The molecule has 0 spiro atoms. The number of aromatic nitrogens is 3. The van der Waals surface area contributed by atoms with Crippen LogP contribution < -0.4 is 26.2 Å². The third-order valence-electron chi connectivity index (χ3n) is 7.78. The van der Waals surface area contributed by atoms with E-state index >= 15 is 0 Å². The Balaban J connectivity index is 1.49. The fraction of sp³-hybridized carbons (Fsp3) is 0.441. The van der Waals surface area contributed by atoms with Gasteiger partial charge in [-0.3, -0.25) is 25.4 Å². The Kier molecular flexibility index (Phi) is 10.8. The van der Waals surface area contributed by atoms with Gasteiger partial charge < -0.3 is 25.7 Å². The standard InChI is InChI=1S/C34H48N10O2/c1-22(2)32(37)44-21-24(12-15-30(44)36)46-28-14-13-27(25-10-8-9-11-26(25)28)40-33(45)41-31(18-29(35)34(3,4)5)39-23-19-38-43(20-23)17-16-42(6)7/h8-12,15,18-22,27-28,35-37,39H,13-14,16-17H2,1-7H3,(H2,40,41,45)/b31-18+,35-29?,36-30?,37-32?. The van der Waals surface area contributed by atoms with Crippen LogP contribution in [-0.4, -0.2) is 57.5 Å². The highest BCUT2D eigenvalue weighted by molar-refractivity contribution is 5.97. The SMILES string of the molecule is CC(C)C(=N)n1cc(OC2CCC(NC(=O)N/C(=C/C(=N)C(C)(C)C)Nc3cnn(CCN(C)C)c3)c3ccccc32)ccc1=N. The number of carbonyl (C=O) groups excluding carboxylic acids is 1. The van der Waals surface area contributed by atoms with Crippen molar-refractivity contribution < 1.29 is 9.53 Å². The highest BCUT2D eigenvalue weighted by Gasteiger charge is 2.30. The molecule has 6 N–H and O–H groups in total. The van der Waals surface area contributed by atoms with Crippen molar-refractivity contribution >= 4 is 23.3 Å². The first kappa shape index (κ1) is 34.2. The van der Waals surface area contributed by atoms with Crippen LogP contribution in [0, 0.1) is 27.6 Å². The van der Waals surface area contributed by atoms with Crippen molar-refractivity contribution in [1.82, 2.24) is 29.9 Å². The van der Waals surface area contributed by atoms with Gasteiger partial charge in [0.1, 0.15) is 29.0 Å². The van der Waals surface area contributed by atoms with Gasteiger partial charge in [0.25, 0.3) is 0 Å². The maximum absolute atomic E-state index is 13.4. The van der Waals surface area contributed by atoms with Gasteiger partial charge in [-0.15, -0.1) is 0 Å². The summed E-state index contributed by atoms with van der Waals surface area (Å²) in [4.78, 5) is 15.5. The number of nitrogens with zero attached hydrogens (tertiary/aromatic N) is 4. The molecule has 2 amide bonds. The number of urea groups is 1. The second-order valence-corrected chi connectivity index (χ2v) is 13.3. The van der Waals surface area contributed by atoms with E-state index < -0.39 is 5.41 Å². The second-order valence-electron chi connectivity index (χ2n) is 13.3. The summed E-state index contributed by atoms with van der Waals surface area (Å²) < 4.78 is 9.79. The molecule has 2 heterocycles. The number of rotatable bonds is 11. The Morgan fingerprint density at radius 1 is 1.11 bits per heavy atom. The minimum absolute atomic E-state index is 0.0341. The van der Waals surface area contributed by atoms with Crippen molar-refractivity contribution in [2.24, 2.45) is 11.3 Å². The predicted molar refractivity (Wildman–Crippen MR) is 181 cm³/mol. The molecule has 2 aromatic heterocycles. The minimum Gasteiger partial charge on any atom is -0.484 e. The van der Waals surface area contributed by atoms with Crippen LogP contribution in [0.4, 0.5) is 10.5 Å². The summed E-state index contributed by atoms with van der Waals surface area (Å²) >= 11 is 0. The lowest BCUT2D eigenvalue weighted by Crippen LogP contribution is -2.41. The highest BCUT2D eigenvalue weighted by Crippen LogP contribution is 2.38. The molecule has 246 valence electrons. The molecule has 0 bridgehead atoms. The van der Waals surface area contributed by atoms with Crippen LogP contribution in [0.1, 0.15) is 70.7 Å². The molecular weight excluding hydrogens is 580 g/mol. The Hall–Kier alpha value is -4.71. The van der Waals surface area contributed by atoms with E-state index in [1.54, 1.807) is 30.6 Å². The molecule has 1 aliphatic carbocycles. The Bertz CT molecular complexity index is 1640. The lowest BCUT2D eigenvalue weighted by Gasteiger charge is -2.32. The molecule has 0 saturated carbocycles. The van der Waals surface area contributed by atoms with Gasteiger partial charge in [0.05, 0.1) is 30.7 Å². The molecule has 1 aliphatic rings. The number of hydrogen-bond donors (Lipinski definition) is 6. The van der Waals surface area contributed by atoms with E-state index in [-0.39, 0.29) is 29.6 Å². The number of carbonyl (C=O) groups is 1. The van der Waals surface area contributed by atoms with Crippen molar-refractivity contribution in [3.8, 4) is 5.75 Å². The number of pyridine rings is 1. The number of hydrogen-bond acceptors (Lipinski definition) is 8. The third-order valence-corrected chi connectivity index (χ3v) is 7.78. The summed E-state index contributed by atoms with van der Waals surface area (Å²) in [6, 6.07) is 10.7. The zero-order chi connectivity index (χ0) is 33.6. The molecule has 2 atom stereocenters. The number of ether oxygens (including phenoxy) is 1. The summed E-state index contributed by atoms with van der Waals surface area (Å²) in [6.45, 7) is 11.3. The molecule has 1 aromatic carbocycles. The summed E-state index contributed by atoms with van der Waals surface area (Å²) in [6.07, 6.45) is 7.98. The number of anilines is 1. The van der Waals surface area contributed by atoms with Crippen LogP contribution in [-0.2, 0) is 6.54 Å². The van der Waals surface area contributed by atoms with Crippen LogP contribution >= 0.6 is 0 Å². The quantitative estimate of drug-likeness (QED) is 0.122. The number of nitrogens with one attached hydrogen (secondary N) is 6. The van der Waals surface area contributed by atoms with Crippen molar-refractivity contribution in [3.63, 3.8) is 0 Å². The van der Waals surface area contributed by atoms with Gasteiger partial charge in [-0.25, -0.2) is 4.79 Å². The normalized spacial score (nSPS) is 16.6. The summed E-state index contributed by atoms with van der Waals surface area (Å²) in [5.74, 6) is 1.26. The lowest BCUT2D eigenvalue weighted by molar-refractivity contribution is 0.171. The Morgan fingerprint density at radius 2 is 1.83 bits per heavy atom. The smallest absolute Gasteiger partial charge is 0.320 e. The molecule has 46 heavy (non-hydrogen) atoms. The van der Waals surface area contributed by atoms with E-state index in [2.05, 4.69) is 25.9 Å². The van der Waals surface area contributed by atoms with Crippen molar-refractivity contribution in [1.29, 1.82) is 16.2 Å². The summed E-state index contributed by atoms with van der Waals surface area (Å²) in [5.41, 5.74) is 2.84. The lowest BCUT2D eigenvalue weighted by atomic mass is 9.85. The molecule has 0 radical (unpaired) electrons. The highest BCUT2D eigenvalue weighted by atomic mass is 16.5. The first-order valence-electron chi connectivity index (χ1n) is 15.6. The van der Waals surface area contributed by atoms with Crippen molar-refractivity contribution in [3.05, 3.63) is 83.5 Å². The number of likely N-dealkylation sites (N-methyl/N-ethyl adjacent to an activating group) is 1. The number of fused-ring (bicyclic) bond motifs is 1. The van der Waals surface area contributed by atoms with Gasteiger partial charge in [-0.05, 0) is 50.2 Å². The summed E-state index contributed by atoms with van der Waals surface area (Å²) in [5, 5.41) is 38.9. The van der Waals surface area contributed by atoms with Crippen molar-refractivity contribution in [2.45, 2.75) is 66.2 Å². The third kappa shape index (κ3) is 8.94. The van der Waals surface area contributed by atoms with E-state index in [1.807, 2.05) is 83.9 Å². The van der Waals surface area contributed by atoms with Gasteiger partial charge in [0, 0.05) is 35.9 Å². The number of amides is 2. The molecule has 3 aromatic rings. The second kappa shape index (κ2) is 14.6. The van der Waals surface area contributed by atoms with Gasteiger partial charge in [0.15, 0.2) is 0 Å². The van der Waals surface area contributed by atoms with Gasteiger partial charge in [-0.2, -0.15) is 5.10 Å². The Morgan fingerprint density at radius 3 is 2.50 bits per heavy atom. The average Bonchev–Trinajstić information content (AvgIpc) is 3.44. The zero-order valence-corrected chi connectivity index (χ0v) is 27.9.